The Morgan fingerprint density at radius 3 is 2.75 bits per heavy atom. The highest BCUT2D eigenvalue weighted by atomic mass is 19.1. The van der Waals surface area contributed by atoms with Gasteiger partial charge in [-0.2, -0.15) is 0 Å². The maximum absolute atomic E-state index is 13.0. The zero-order chi connectivity index (χ0) is 9.14. The van der Waals surface area contributed by atoms with Gasteiger partial charge >= 0.3 is 0 Å². The molecule has 0 bridgehead atoms. The van der Waals surface area contributed by atoms with Crippen molar-refractivity contribution in [2.75, 3.05) is 7.05 Å². The Labute approximate surface area is 72.7 Å². The second kappa shape index (κ2) is 3.68. The van der Waals surface area contributed by atoms with Gasteiger partial charge in [-0.15, -0.1) is 0 Å². The van der Waals surface area contributed by atoms with Crippen molar-refractivity contribution < 1.29 is 4.39 Å². The highest BCUT2D eigenvalue weighted by Gasteiger charge is 2.14. The van der Waals surface area contributed by atoms with E-state index in [0.717, 1.165) is 5.57 Å². The fraction of sp³-hybridized carbons (Fsp3) is 0.400. The Balaban J connectivity index is 2.96. The van der Waals surface area contributed by atoms with Crippen LogP contribution in [0.4, 0.5) is 4.39 Å². The number of rotatable bonds is 1. The maximum Gasteiger partial charge on any atom is 0.124 e. The summed E-state index contributed by atoms with van der Waals surface area (Å²) >= 11 is 0. The molecular formula is C10H14FN. The normalized spacial score (nSPS) is 27.0. The van der Waals surface area contributed by atoms with Gasteiger partial charge in [-0.05, 0) is 38.1 Å². The predicted molar refractivity (Wildman–Crippen MR) is 49.6 cm³/mol. The fourth-order valence-electron chi connectivity index (χ4n) is 1.30. The molecule has 1 aliphatic rings. The number of halogens is 1. The monoisotopic (exact) mass is 167 g/mol. The predicted octanol–water partition coefficient (Wildman–Crippen LogP) is 2.33. The first kappa shape index (κ1) is 9.20. The van der Waals surface area contributed by atoms with Crippen LogP contribution in [0.1, 0.15) is 13.8 Å². The van der Waals surface area contributed by atoms with Crippen LogP contribution in [0.15, 0.2) is 35.2 Å². The van der Waals surface area contributed by atoms with Crippen LogP contribution in [-0.4, -0.2) is 13.1 Å². The molecule has 1 atom stereocenters. The van der Waals surface area contributed by atoms with Crippen LogP contribution in [-0.2, 0) is 0 Å². The summed E-state index contributed by atoms with van der Waals surface area (Å²) in [6.07, 6.45) is 5.47. The number of allylic oxidation sites excluding steroid dienone is 3. The Hall–Kier alpha value is -0.890. The number of nitrogens with one attached hydrogen (secondary N) is 1. The molecular weight excluding hydrogens is 153 g/mol. The average Bonchev–Trinajstić information content (AvgIpc) is 2.09. The minimum atomic E-state index is -0.125. The van der Waals surface area contributed by atoms with E-state index in [1.807, 2.05) is 26.1 Å². The second-order valence-electron chi connectivity index (χ2n) is 2.90. The molecule has 1 rings (SSSR count). The lowest BCUT2D eigenvalue weighted by molar-refractivity contribution is 0.621. The molecule has 0 spiro atoms. The third kappa shape index (κ3) is 1.64. The second-order valence-corrected chi connectivity index (χ2v) is 2.90. The van der Waals surface area contributed by atoms with E-state index in [0.29, 0.717) is 5.57 Å². The molecule has 0 saturated carbocycles. The Bertz CT molecular complexity index is 261. The van der Waals surface area contributed by atoms with Gasteiger partial charge in [0.05, 0.1) is 6.04 Å². The molecule has 0 radical (unpaired) electrons. The quantitative estimate of drug-likeness (QED) is 0.632. The average molecular weight is 167 g/mol. The highest BCUT2D eigenvalue weighted by Crippen LogP contribution is 2.22. The van der Waals surface area contributed by atoms with Gasteiger partial charge in [-0.3, -0.25) is 0 Å². The first-order valence-corrected chi connectivity index (χ1v) is 4.08. The van der Waals surface area contributed by atoms with Crippen LogP contribution in [0.3, 0.4) is 0 Å². The van der Waals surface area contributed by atoms with E-state index >= 15 is 0 Å². The first-order chi connectivity index (χ1) is 5.69. The summed E-state index contributed by atoms with van der Waals surface area (Å²) < 4.78 is 13.0. The van der Waals surface area contributed by atoms with Crippen molar-refractivity contribution in [3.05, 3.63) is 35.2 Å². The van der Waals surface area contributed by atoms with E-state index in [1.165, 1.54) is 0 Å². The summed E-state index contributed by atoms with van der Waals surface area (Å²) in [5, 5.41) is 3.03. The molecule has 0 fully saturated rings. The van der Waals surface area contributed by atoms with Gasteiger partial charge in [0.15, 0.2) is 0 Å². The van der Waals surface area contributed by atoms with Crippen LogP contribution in [0.2, 0.25) is 0 Å². The van der Waals surface area contributed by atoms with Crippen LogP contribution in [0.5, 0.6) is 0 Å². The molecule has 1 nitrogen and oxygen atoms in total. The number of hydrogen-bond acceptors (Lipinski definition) is 1. The summed E-state index contributed by atoms with van der Waals surface area (Å²) in [6, 6.07) is 0.0266. The topological polar surface area (TPSA) is 12.0 Å². The molecule has 0 amide bonds. The van der Waals surface area contributed by atoms with Crippen LogP contribution >= 0.6 is 0 Å². The maximum atomic E-state index is 13.0. The number of hydrogen-bond donors (Lipinski definition) is 1. The molecule has 0 aromatic rings. The van der Waals surface area contributed by atoms with E-state index < -0.39 is 0 Å². The minimum Gasteiger partial charge on any atom is -0.310 e. The van der Waals surface area contributed by atoms with Crippen molar-refractivity contribution in [2.45, 2.75) is 19.9 Å². The Morgan fingerprint density at radius 2 is 2.25 bits per heavy atom. The van der Waals surface area contributed by atoms with Crippen molar-refractivity contribution in [1.29, 1.82) is 0 Å². The molecule has 0 aromatic heterocycles. The van der Waals surface area contributed by atoms with Gasteiger partial charge < -0.3 is 5.32 Å². The van der Waals surface area contributed by atoms with Crippen LogP contribution in [0, 0.1) is 0 Å². The van der Waals surface area contributed by atoms with E-state index in [4.69, 9.17) is 0 Å². The van der Waals surface area contributed by atoms with Gasteiger partial charge in [0.1, 0.15) is 5.83 Å². The summed E-state index contributed by atoms with van der Waals surface area (Å²) in [7, 11) is 1.83. The lowest BCUT2D eigenvalue weighted by atomic mass is 9.97. The molecule has 1 unspecified atom stereocenters. The van der Waals surface area contributed by atoms with Gasteiger partial charge in [-0.1, -0.05) is 12.2 Å². The molecule has 66 valence electrons. The largest absolute Gasteiger partial charge is 0.310 e. The standard InChI is InChI=1S/C10H14FN/c1-4-8-5-7(2)9(11)6-10(8)12-3/h4-6,10,12H,1-3H3/b8-4-. The summed E-state index contributed by atoms with van der Waals surface area (Å²) in [5.74, 6) is -0.125. The van der Waals surface area contributed by atoms with E-state index in [-0.39, 0.29) is 11.9 Å². The zero-order valence-electron chi connectivity index (χ0n) is 7.69. The molecule has 1 aliphatic carbocycles. The first-order valence-electron chi connectivity index (χ1n) is 4.08. The van der Waals surface area contributed by atoms with Gasteiger partial charge in [0.2, 0.25) is 0 Å². The molecule has 0 aromatic carbocycles. The molecule has 0 saturated heterocycles. The molecule has 1 N–H and O–H groups in total. The minimum absolute atomic E-state index is 0.0266. The summed E-state index contributed by atoms with van der Waals surface area (Å²) in [6.45, 7) is 3.74. The van der Waals surface area contributed by atoms with E-state index in [9.17, 15) is 4.39 Å². The van der Waals surface area contributed by atoms with Crippen LogP contribution < -0.4 is 5.32 Å². The lowest BCUT2D eigenvalue weighted by Gasteiger charge is -2.18. The van der Waals surface area contributed by atoms with Gasteiger partial charge in [-0.25, -0.2) is 4.39 Å². The van der Waals surface area contributed by atoms with Gasteiger partial charge in [0, 0.05) is 0 Å². The molecule has 12 heavy (non-hydrogen) atoms. The Kier molecular flexibility index (Phi) is 2.82. The molecule has 0 heterocycles. The van der Waals surface area contributed by atoms with E-state index in [2.05, 4.69) is 5.32 Å². The lowest BCUT2D eigenvalue weighted by Crippen LogP contribution is -2.26. The number of likely N-dealkylation sites (N-methyl/N-ethyl adjacent to an activating group) is 1. The third-order valence-corrected chi connectivity index (χ3v) is 2.08. The van der Waals surface area contributed by atoms with E-state index in [1.54, 1.807) is 13.0 Å². The Morgan fingerprint density at radius 1 is 1.58 bits per heavy atom. The van der Waals surface area contributed by atoms with Crippen molar-refractivity contribution in [3.8, 4) is 0 Å². The van der Waals surface area contributed by atoms with Crippen molar-refractivity contribution in [3.63, 3.8) is 0 Å². The third-order valence-electron chi connectivity index (χ3n) is 2.08. The van der Waals surface area contributed by atoms with Crippen molar-refractivity contribution >= 4 is 0 Å². The highest BCUT2D eigenvalue weighted by molar-refractivity contribution is 5.43. The summed E-state index contributed by atoms with van der Waals surface area (Å²) in [4.78, 5) is 0. The molecule has 2 heteroatoms. The molecule has 0 aliphatic heterocycles. The van der Waals surface area contributed by atoms with Crippen molar-refractivity contribution in [1.82, 2.24) is 5.32 Å². The smallest absolute Gasteiger partial charge is 0.124 e. The zero-order valence-corrected chi connectivity index (χ0v) is 7.69. The van der Waals surface area contributed by atoms with Crippen molar-refractivity contribution in [2.24, 2.45) is 0 Å². The SMILES string of the molecule is C/C=C1/C=C(C)C(F)=CC1NC. The summed E-state index contributed by atoms with van der Waals surface area (Å²) in [5.41, 5.74) is 1.83. The van der Waals surface area contributed by atoms with Gasteiger partial charge in [0.25, 0.3) is 0 Å². The van der Waals surface area contributed by atoms with Crippen LogP contribution in [0.25, 0.3) is 0 Å². The fourth-order valence-corrected chi connectivity index (χ4v) is 1.30.